The van der Waals surface area contributed by atoms with E-state index in [1.165, 1.54) is 0 Å². The molecule has 0 amide bonds. The van der Waals surface area contributed by atoms with Crippen LogP contribution in [0, 0.1) is 27.3 Å². The zero-order valence-electron chi connectivity index (χ0n) is 11.3. The average molecular weight is 343 g/mol. The summed E-state index contributed by atoms with van der Waals surface area (Å²) in [5.41, 5.74) is -3.92. The van der Waals surface area contributed by atoms with Crippen LogP contribution in [-0.2, 0) is 6.18 Å². The van der Waals surface area contributed by atoms with E-state index in [1.54, 1.807) is 6.07 Å². The largest absolute Gasteiger partial charge is 0.416 e. The van der Waals surface area contributed by atoms with Crippen molar-refractivity contribution >= 4 is 16.9 Å². The lowest BCUT2D eigenvalue weighted by atomic mass is 10.1. The number of nitro benzene ring substituents is 1. The molecule has 9 nitrogen and oxygen atoms in total. The van der Waals surface area contributed by atoms with Crippen molar-refractivity contribution in [3.05, 3.63) is 45.7 Å². The fraction of sp³-hybridized carbons (Fsp3) is 0.0909. The molecule has 1 aromatic carbocycles. The lowest BCUT2D eigenvalue weighted by Crippen LogP contribution is -2.08. The van der Waals surface area contributed by atoms with E-state index in [-0.39, 0.29) is 17.5 Å². The van der Waals surface area contributed by atoms with E-state index >= 15 is 0 Å². The molecule has 1 aromatic heterocycles. The first-order valence-electron chi connectivity index (χ1n) is 5.89. The monoisotopic (exact) mass is 343 g/mol. The van der Waals surface area contributed by atoms with Crippen LogP contribution >= 0.6 is 0 Å². The molecule has 0 aliphatic carbocycles. The van der Waals surface area contributed by atoms with Gasteiger partial charge in [-0.1, -0.05) is 0 Å². The zero-order valence-corrected chi connectivity index (χ0v) is 11.3. The second-order valence-electron chi connectivity index (χ2n) is 4.16. The van der Waals surface area contributed by atoms with Gasteiger partial charge in [0.15, 0.2) is 0 Å². The van der Waals surface area contributed by atoms with E-state index in [2.05, 4.69) is 25.9 Å². The molecule has 0 saturated carbocycles. The number of nitrogens with one attached hydrogen (secondary N) is 2. The summed E-state index contributed by atoms with van der Waals surface area (Å²) in [5, 5.41) is 33.8. The van der Waals surface area contributed by atoms with Crippen molar-refractivity contribution in [1.29, 1.82) is 5.26 Å². The van der Waals surface area contributed by atoms with E-state index in [9.17, 15) is 27.7 Å². The van der Waals surface area contributed by atoms with Crippen LogP contribution in [-0.4, -0.2) is 25.5 Å². The first-order valence-corrected chi connectivity index (χ1v) is 5.89. The number of hydrogen-bond acceptors (Lipinski definition) is 7. The first-order chi connectivity index (χ1) is 11.2. The molecule has 124 valence electrons. The van der Waals surface area contributed by atoms with Crippen LogP contribution in [0.25, 0.3) is 5.57 Å². The Morgan fingerprint density at radius 2 is 2.17 bits per heavy atom. The van der Waals surface area contributed by atoms with E-state index in [0.717, 1.165) is 6.20 Å². The van der Waals surface area contributed by atoms with Gasteiger partial charge < -0.3 is 5.32 Å². The van der Waals surface area contributed by atoms with Gasteiger partial charge in [-0.3, -0.25) is 10.1 Å². The maximum absolute atomic E-state index is 14.0. The minimum atomic E-state index is -4.93. The Balaban J connectivity index is 2.48. The predicted octanol–water partition coefficient (Wildman–Crippen LogP) is 2.24. The number of nitrogens with zero attached hydrogens (tertiary/aromatic N) is 5. The molecule has 2 aromatic rings. The van der Waals surface area contributed by atoms with Crippen LogP contribution in [0.5, 0.6) is 0 Å². The summed E-state index contributed by atoms with van der Waals surface area (Å²) in [4.78, 5) is 9.42. The number of hydrogen-bond donors (Lipinski definition) is 2. The van der Waals surface area contributed by atoms with Gasteiger partial charge in [0.25, 0.3) is 0 Å². The molecule has 0 unspecified atom stereocenters. The maximum Gasteiger partial charge on any atom is 0.416 e. The molecule has 0 aliphatic rings. The Labute approximate surface area is 129 Å². The smallest absolute Gasteiger partial charge is 0.358 e. The quantitative estimate of drug-likeness (QED) is 0.376. The fourth-order valence-electron chi connectivity index (χ4n) is 1.58. The van der Waals surface area contributed by atoms with Crippen molar-refractivity contribution in [1.82, 2.24) is 20.6 Å². The molecule has 24 heavy (non-hydrogen) atoms. The third-order valence-electron chi connectivity index (χ3n) is 2.66. The third kappa shape index (κ3) is 3.43. The number of rotatable bonds is 4. The Kier molecular flexibility index (Phi) is 4.40. The van der Waals surface area contributed by atoms with Gasteiger partial charge in [0, 0.05) is 12.3 Å². The highest BCUT2D eigenvalue weighted by atomic mass is 19.4. The standard InChI is InChI=1S/C11H5F4N7O2/c12-9-7(17-4-5(3-16)10-18-20-21-19-10)1-6(11(13,14)15)2-8(9)22(23)24/h1-2,4,17H,(H,18,19,20,21). The summed E-state index contributed by atoms with van der Waals surface area (Å²) in [6.45, 7) is 0. The van der Waals surface area contributed by atoms with Crippen LogP contribution in [0.3, 0.4) is 0 Å². The highest BCUT2D eigenvalue weighted by molar-refractivity contribution is 5.74. The van der Waals surface area contributed by atoms with Gasteiger partial charge >= 0.3 is 11.9 Å². The number of allylic oxidation sites excluding steroid dienone is 1. The summed E-state index contributed by atoms with van der Waals surface area (Å²) < 4.78 is 52.2. The van der Waals surface area contributed by atoms with Crippen molar-refractivity contribution in [2.75, 3.05) is 5.32 Å². The minimum absolute atomic E-state index is 0.0780. The average Bonchev–Trinajstić information content (AvgIpc) is 3.02. The summed E-state index contributed by atoms with van der Waals surface area (Å²) in [7, 11) is 0. The lowest BCUT2D eigenvalue weighted by molar-refractivity contribution is -0.387. The van der Waals surface area contributed by atoms with Crippen molar-refractivity contribution < 1.29 is 22.5 Å². The number of tetrazole rings is 1. The van der Waals surface area contributed by atoms with Gasteiger partial charge in [0.05, 0.1) is 16.2 Å². The number of aromatic amines is 1. The molecule has 0 bridgehead atoms. The van der Waals surface area contributed by atoms with E-state index < -0.39 is 33.9 Å². The normalized spacial score (nSPS) is 11.9. The van der Waals surface area contributed by atoms with Gasteiger partial charge in [-0.25, -0.2) is 0 Å². The topological polar surface area (TPSA) is 133 Å². The van der Waals surface area contributed by atoms with E-state index in [0.29, 0.717) is 6.07 Å². The van der Waals surface area contributed by atoms with Gasteiger partial charge in [0.2, 0.25) is 11.6 Å². The molecule has 2 N–H and O–H groups in total. The number of alkyl halides is 3. The molecule has 0 saturated heterocycles. The Morgan fingerprint density at radius 1 is 1.46 bits per heavy atom. The van der Waals surface area contributed by atoms with Gasteiger partial charge in [0.1, 0.15) is 11.6 Å². The van der Waals surface area contributed by atoms with E-state index in [1.807, 2.05) is 0 Å². The van der Waals surface area contributed by atoms with Crippen molar-refractivity contribution in [2.45, 2.75) is 6.18 Å². The number of nitriles is 1. The summed E-state index contributed by atoms with van der Waals surface area (Å²) in [5.74, 6) is -1.72. The van der Waals surface area contributed by atoms with E-state index in [4.69, 9.17) is 5.26 Å². The van der Waals surface area contributed by atoms with Gasteiger partial charge in [-0.05, 0) is 11.3 Å². The number of anilines is 1. The van der Waals surface area contributed by atoms with Crippen LogP contribution in [0.1, 0.15) is 11.4 Å². The van der Waals surface area contributed by atoms with Crippen molar-refractivity contribution in [2.24, 2.45) is 0 Å². The second-order valence-corrected chi connectivity index (χ2v) is 4.16. The lowest BCUT2D eigenvalue weighted by Gasteiger charge is -2.10. The number of H-pyrrole nitrogens is 1. The van der Waals surface area contributed by atoms with Gasteiger partial charge in [-0.15, -0.1) is 10.2 Å². The number of nitro groups is 1. The number of halogens is 4. The molecule has 2 rings (SSSR count). The second kappa shape index (κ2) is 6.28. The molecule has 0 fully saturated rings. The number of aromatic nitrogens is 4. The van der Waals surface area contributed by atoms with Crippen LogP contribution < -0.4 is 5.32 Å². The molecular formula is C11H5F4N7O2. The molecule has 13 heteroatoms. The SMILES string of the molecule is N#CC(=CNc1cc(C(F)(F)F)cc([N+](=O)[O-])c1F)c1nn[nH]n1. The van der Waals surface area contributed by atoms with Crippen molar-refractivity contribution in [3.8, 4) is 6.07 Å². The fourth-order valence-corrected chi connectivity index (χ4v) is 1.58. The minimum Gasteiger partial charge on any atom is -0.358 e. The van der Waals surface area contributed by atoms with Crippen LogP contribution in [0.15, 0.2) is 18.3 Å². The Hall–Kier alpha value is -3.56. The molecule has 0 radical (unpaired) electrons. The molecular weight excluding hydrogens is 338 g/mol. The van der Waals surface area contributed by atoms with Gasteiger partial charge in [-0.2, -0.15) is 28.0 Å². The summed E-state index contributed by atoms with van der Waals surface area (Å²) >= 11 is 0. The van der Waals surface area contributed by atoms with Crippen LogP contribution in [0.2, 0.25) is 0 Å². The first kappa shape index (κ1) is 16.8. The highest BCUT2D eigenvalue weighted by Crippen LogP contribution is 2.36. The highest BCUT2D eigenvalue weighted by Gasteiger charge is 2.34. The molecule has 1 heterocycles. The summed E-state index contributed by atoms with van der Waals surface area (Å²) in [6, 6.07) is 2.03. The predicted molar refractivity (Wildman–Crippen MR) is 69.4 cm³/mol. The Bertz CT molecular complexity index is 839. The summed E-state index contributed by atoms with van der Waals surface area (Å²) in [6.07, 6.45) is -4.13. The maximum atomic E-state index is 14.0. The van der Waals surface area contributed by atoms with Crippen LogP contribution in [0.4, 0.5) is 28.9 Å². The third-order valence-corrected chi connectivity index (χ3v) is 2.66. The number of benzene rings is 1. The van der Waals surface area contributed by atoms with Crippen molar-refractivity contribution in [3.63, 3.8) is 0 Å². The molecule has 0 spiro atoms. The molecule has 0 atom stereocenters. The zero-order chi connectivity index (χ0) is 17.9. The molecule has 0 aliphatic heterocycles. The Morgan fingerprint density at radius 3 is 2.67 bits per heavy atom.